The monoisotopic (exact) mass is 346 g/mol. The van der Waals surface area contributed by atoms with E-state index in [0.717, 1.165) is 16.3 Å². The first-order chi connectivity index (χ1) is 12.5. The highest BCUT2D eigenvalue weighted by Crippen LogP contribution is 2.24. The third-order valence-electron chi connectivity index (χ3n) is 4.54. The van der Waals surface area contributed by atoms with Crippen molar-refractivity contribution in [3.8, 4) is 0 Å². The van der Waals surface area contributed by atoms with E-state index < -0.39 is 5.91 Å². The third kappa shape index (κ3) is 3.59. The molecule has 0 aliphatic carbocycles. The molecule has 132 valence electrons. The number of fused-ring (bicyclic) bond motifs is 1. The lowest BCUT2D eigenvalue weighted by atomic mass is 9.94. The van der Waals surface area contributed by atoms with Crippen LogP contribution in [0.4, 0.5) is 0 Å². The summed E-state index contributed by atoms with van der Waals surface area (Å²) in [7, 11) is 0. The van der Waals surface area contributed by atoms with Crippen molar-refractivity contribution in [2.75, 3.05) is 0 Å². The van der Waals surface area contributed by atoms with Gasteiger partial charge in [-0.25, -0.2) is 0 Å². The molecule has 1 atom stereocenters. The highest BCUT2D eigenvalue weighted by Gasteiger charge is 2.20. The Hall–Kier alpha value is -3.14. The van der Waals surface area contributed by atoms with Gasteiger partial charge in [0.25, 0.3) is 5.91 Å². The Kier molecular flexibility index (Phi) is 5.03. The van der Waals surface area contributed by atoms with Gasteiger partial charge in [0, 0.05) is 11.1 Å². The van der Waals surface area contributed by atoms with Crippen LogP contribution in [0.2, 0.25) is 0 Å². The number of nitrogens with two attached hydrogens (primary N) is 1. The number of nitrogens with one attached hydrogen (secondary N) is 1. The molecule has 0 aromatic heterocycles. The van der Waals surface area contributed by atoms with Gasteiger partial charge in [0.1, 0.15) is 0 Å². The molecule has 0 spiro atoms. The molecule has 0 aliphatic rings. The zero-order valence-corrected chi connectivity index (χ0v) is 14.9. The van der Waals surface area contributed by atoms with E-state index in [1.807, 2.05) is 54.6 Å². The van der Waals surface area contributed by atoms with Gasteiger partial charge >= 0.3 is 0 Å². The van der Waals surface area contributed by atoms with Crippen molar-refractivity contribution in [2.45, 2.75) is 19.9 Å². The second-order valence-corrected chi connectivity index (χ2v) is 6.71. The second kappa shape index (κ2) is 7.40. The Morgan fingerprint density at radius 3 is 2.19 bits per heavy atom. The smallest absolute Gasteiger partial charge is 0.252 e. The van der Waals surface area contributed by atoms with E-state index in [0.29, 0.717) is 11.1 Å². The molecule has 0 fully saturated rings. The lowest BCUT2D eigenvalue weighted by molar-refractivity contribution is 0.0926. The van der Waals surface area contributed by atoms with E-state index in [4.69, 9.17) is 5.73 Å². The Morgan fingerprint density at radius 2 is 1.54 bits per heavy atom. The normalized spacial score (nSPS) is 12.1. The molecule has 0 aliphatic heterocycles. The van der Waals surface area contributed by atoms with Crippen LogP contribution in [-0.4, -0.2) is 11.8 Å². The Labute approximate surface area is 153 Å². The van der Waals surface area contributed by atoms with Gasteiger partial charge in [0.15, 0.2) is 0 Å². The average molecular weight is 346 g/mol. The fourth-order valence-corrected chi connectivity index (χ4v) is 3.13. The van der Waals surface area contributed by atoms with Gasteiger partial charge in [0.2, 0.25) is 5.91 Å². The number of benzene rings is 3. The van der Waals surface area contributed by atoms with E-state index in [-0.39, 0.29) is 17.9 Å². The number of carbonyl (C=O) groups excluding carboxylic acids is 2. The molecular weight excluding hydrogens is 324 g/mol. The Bertz CT molecular complexity index is 941. The molecule has 0 saturated heterocycles. The van der Waals surface area contributed by atoms with Crippen LogP contribution in [-0.2, 0) is 0 Å². The average Bonchev–Trinajstić information content (AvgIpc) is 2.65. The molecule has 3 rings (SSSR count). The van der Waals surface area contributed by atoms with Crippen LogP contribution >= 0.6 is 0 Å². The summed E-state index contributed by atoms with van der Waals surface area (Å²) >= 11 is 0. The molecule has 0 saturated carbocycles. The lowest BCUT2D eigenvalue weighted by Crippen LogP contribution is -2.32. The molecule has 1 unspecified atom stereocenters. The topological polar surface area (TPSA) is 72.2 Å². The van der Waals surface area contributed by atoms with E-state index in [2.05, 4.69) is 19.2 Å². The van der Waals surface area contributed by atoms with Crippen molar-refractivity contribution in [1.82, 2.24) is 5.32 Å². The zero-order valence-electron chi connectivity index (χ0n) is 14.9. The molecule has 4 nitrogen and oxygen atoms in total. The first-order valence-corrected chi connectivity index (χ1v) is 8.66. The van der Waals surface area contributed by atoms with E-state index >= 15 is 0 Å². The lowest BCUT2D eigenvalue weighted by Gasteiger charge is -2.23. The van der Waals surface area contributed by atoms with Crippen LogP contribution in [0.3, 0.4) is 0 Å². The fourth-order valence-electron chi connectivity index (χ4n) is 3.13. The molecule has 0 bridgehead atoms. The highest BCUT2D eigenvalue weighted by molar-refractivity contribution is 6.07. The van der Waals surface area contributed by atoms with Crippen LogP contribution in [0, 0.1) is 5.92 Å². The van der Waals surface area contributed by atoms with E-state index in [9.17, 15) is 9.59 Å². The summed E-state index contributed by atoms with van der Waals surface area (Å²) in [6.07, 6.45) is 0. The maximum atomic E-state index is 12.9. The number of amides is 2. The zero-order chi connectivity index (χ0) is 18.7. The number of primary amides is 1. The maximum absolute atomic E-state index is 12.9. The highest BCUT2D eigenvalue weighted by atomic mass is 16.2. The van der Waals surface area contributed by atoms with Crippen molar-refractivity contribution >= 4 is 22.6 Å². The first-order valence-electron chi connectivity index (χ1n) is 8.66. The summed E-state index contributed by atoms with van der Waals surface area (Å²) in [6, 6.07) is 20.5. The molecule has 4 heteroatoms. The standard InChI is InChI=1S/C22H22N2O2/c1-14(2)20(16-10-12-17(13-11-16)21(23)25)24-22(26)19-9-5-7-15-6-3-4-8-18(15)19/h3-14,20H,1-2H3,(H2,23,25)(H,24,26). The maximum Gasteiger partial charge on any atom is 0.252 e. The summed E-state index contributed by atoms with van der Waals surface area (Å²) in [6.45, 7) is 4.10. The van der Waals surface area contributed by atoms with E-state index in [1.54, 1.807) is 12.1 Å². The van der Waals surface area contributed by atoms with Gasteiger partial charge in [-0.05, 0) is 40.5 Å². The number of carbonyl (C=O) groups is 2. The molecular formula is C22H22N2O2. The summed E-state index contributed by atoms with van der Waals surface area (Å²) in [5, 5.41) is 5.10. The minimum atomic E-state index is -0.461. The fraction of sp³-hybridized carbons (Fsp3) is 0.182. The predicted octanol–water partition coefficient (Wildman–Crippen LogP) is 4.07. The molecule has 2 amide bonds. The molecule has 26 heavy (non-hydrogen) atoms. The molecule has 3 N–H and O–H groups in total. The Morgan fingerprint density at radius 1 is 0.885 bits per heavy atom. The summed E-state index contributed by atoms with van der Waals surface area (Å²) in [4.78, 5) is 24.2. The van der Waals surface area contributed by atoms with Crippen molar-refractivity contribution in [1.29, 1.82) is 0 Å². The first kappa shape index (κ1) is 17.7. The van der Waals surface area contributed by atoms with Gasteiger partial charge in [0.05, 0.1) is 6.04 Å². The summed E-state index contributed by atoms with van der Waals surface area (Å²) in [5.41, 5.74) is 7.35. The van der Waals surface area contributed by atoms with Crippen LogP contribution in [0.5, 0.6) is 0 Å². The molecule has 0 heterocycles. The summed E-state index contributed by atoms with van der Waals surface area (Å²) in [5.74, 6) is -0.384. The number of hydrogen-bond acceptors (Lipinski definition) is 2. The van der Waals surface area contributed by atoms with Gasteiger partial charge < -0.3 is 11.1 Å². The quantitative estimate of drug-likeness (QED) is 0.731. The van der Waals surface area contributed by atoms with Crippen LogP contribution in [0.1, 0.15) is 46.2 Å². The minimum Gasteiger partial charge on any atom is -0.366 e. The van der Waals surface area contributed by atoms with Gasteiger partial charge in [-0.1, -0.05) is 62.4 Å². The van der Waals surface area contributed by atoms with Crippen molar-refractivity contribution in [3.05, 3.63) is 83.4 Å². The molecule has 3 aromatic carbocycles. The number of hydrogen-bond donors (Lipinski definition) is 2. The minimum absolute atomic E-state index is 0.112. The molecule has 3 aromatic rings. The SMILES string of the molecule is CC(C)C(NC(=O)c1cccc2ccccc12)c1ccc(C(N)=O)cc1. The second-order valence-electron chi connectivity index (χ2n) is 6.71. The number of rotatable bonds is 5. The third-order valence-corrected chi connectivity index (χ3v) is 4.54. The largest absolute Gasteiger partial charge is 0.366 e. The van der Waals surface area contributed by atoms with Crippen molar-refractivity contribution < 1.29 is 9.59 Å². The van der Waals surface area contributed by atoms with Crippen LogP contribution in [0.15, 0.2) is 66.7 Å². The van der Waals surface area contributed by atoms with Crippen LogP contribution < -0.4 is 11.1 Å². The van der Waals surface area contributed by atoms with E-state index in [1.165, 1.54) is 0 Å². The van der Waals surface area contributed by atoms with Gasteiger partial charge in [-0.2, -0.15) is 0 Å². The predicted molar refractivity (Wildman–Crippen MR) is 104 cm³/mol. The van der Waals surface area contributed by atoms with Crippen LogP contribution in [0.25, 0.3) is 10.8 Å². The van der Waals surface area contributed by atoms with Crippen molar-refractivity contribution in [3.63, 3.8) is 0 Å². The molecule has 0 radical (unpaired) electrons. The van der Waals surface area contributed by atoms with Crippen molar-refractivity contribution in [2.24, 2.45) is 11.7 Å². The Balaban J connectivity index is 1.90. The summed E-state index contributed by atoms with van der Waals surface area (Å²) < 4.78 is 0. The van der Waals surface area contributed by atoms with Gasteiger partial charge in [-0.3, -0.25) is 9.59 Å². The van der Waals surface area contributed by atoms with Gasteiger partial charge in [-0.15, -0.1) is 0 Å².